The highest BCUT2D eigenvalue weighted by Gasteiger charge is 2.21. The lowest BCUT2D eigenvalue weighted by atomic mass is 10.1. The summed E-state index contributed by atoms with van der Waals surface area (Å²) in [7, 11) is 0. The van der Waals surface area contributed by atoms with Crippen LogP contribution in [0.3, 0.4) is 0 Å². The first-order valence-electron chi connectivity index (χ1n) is 6.84. The van der Waals surface area contributed by atoms with Gasteiger partial charge in [-0.2, -0.15) is 0 Å². The van der Waals surface area contributed by atoms with E-state index in [4.69, 9.17) is 4.74 Å². The molecule has 5 heteroatoms. The summed E-state index contributed by atoms with van der Waals surface area (Å²) >= 11 is 0. The number of hydrogen-bond acceptors (Lipinski definition) is 4. The summed E-state index contributed by atoms with van der Waals surface area (Å²) in [5.41, 5.74) is 2.00. The van der Waals surface area contributed by atoms with E-state index in [0.717, 1.165) is 17.6 Å². The minimum atomic E-state index is -0.377. The number of nitro benzene ring substituents is 1. The Hall–Kier alpha value is -1.88. The molecular formula is C15H20N2O3. The van der Waals surface area contributed by atoms with Crippen molar-refractivity contribution in [2.75, 3.05) is 6.61 Å². The largest absolute Gasteiger partial charge is 0.493 e. The molecule has 1 aromatic carbocycles. The van der Waals surface area contributed by atoms with Crippen LogP contribution in [0.5, 0.6) is 5.75 Å². The van der Waals surface area contributed by atoms with Gasteiger partial charge in [-0.05, 0) is 25.8 Å². The first-order chi connectivity index (χ1) is 9.56. The van der Waals surface area contributed by atoms with E-state index >= 15 is 0 Å². The molecule has 2 rings (SSSR count). The van der Waals surface area contributed by atoms with Gasteiger partial charge >= 0.3 is 0 Å². The fourth-order valence-electron chi connectivity index (χ4n) is 1.84. The van der Waals surface area contributed by atoms with Gasteiger partial charge < -0.3 is 10.1 Å². The molecule has 1 aromatic rings. The Morgan fingerprint density at radius 2 is 2.30 bits per heavy atom. The monoisotopic (exact) mass is 276 g/mol. The van der Waals surface area contributed by atoms with Gasteiger partial charge in [0.15, 0.2) is 0 Å². The van der Waals surface area contributed by atoms with Crippen LogP contribution in [0.2, 0.25) is 0 Å². The van der Waals surface area contributed by atoms with E-state index < -0.39 is 0 Å². The molecule has 20 heavy (non-hydrogen) atoms. The molecular weight excluding hydrogens is 256 g/mol. The van der Waals surface area contributed by atoms with Gasteiger partial charge in [0.05, 0.1) is 11.5 Å². The Morgan fingerprint density at radius 1 is 1.55 bits per heavy atom. The highest BCUT2D eigenvalue weighted by Crippen LogP contribution is 2.26. The summed E-state index contributed by atoms with van der Waals surface area (Å²) in [6, 6.07) is 5.31. The average Bonchev–Trinajstić information content (AvgIpc) is 3.20. The molecule has 0 unspecified atom stereocenters. The minimum Gasteiger partial charge on any atom is -0.493 e. The fraction of sp³-hybridized carbons (Fsp3) is 0.467. The van der Waals surface area contributed by atoms with Gasteiger partial charge in [0, 0.05) is 36.7 Å². The van der Waals surface area contributed by atoms with Gasteiger partial charge in [-0.1, -0.05) is 5.57 Å². The third-order valence-corrected chi connectivity index (χ3v) is 3.20. The van der Waals surface area contributed by atoms with Gasteiger partial charge in [-0.3, -0.25) is 10.1 Å². The van der Waals surface area contributed by atoms with Crippen LogP contribution in [-0.2, 0) is 6.54 Å². The van der Waals surface area contributed by atoms with E-state index in [0.29, 0.717) is 24.9 Å². The zero-order valence-electron chi connectivity index (χ0n) is 11.7. The first-order valence-corrected chi connectivity index (χ1v) is 6.84. The standard InChI is InChI=1S/C15H20N2O3/c1-11(2)7-8-20-15-6-5-14(17(18)19)9-12(15)10-16-13-3-4-13/h5-6,9,13,16H,1,3-4,7-8,10H2,2H3. The fourth-order valence-corrected chi connectivity index (χ4v) is 1.84. The first kappa shape index (κ1) is 14.5. The minimum absolute atomic E-state index is 0.102. The number of ether oxygens (including phenoxy) is 1. The Labute approximate surface area is 118 Å². The summed E-state index contributed by atoms with van der Waals surface area (Å²) in [5.74, 6) is 0.713. The smallest absolute Gasteiger partial charge is 0.270 e. The van der Waals surface area contributed by atoms with E-state index in [1.54, 1.807) is 12.1 Å². The van der Waals surface area contributed by atoms with Crippen molar-refractivity contribution in [1.29, 1.82) is 0 Å². The highest BCUT2D eigenvalue weighted by molar-refractivity contribution is 5.43. The number of benzene rings is 1. The van der Waals surface area contributed by atoms with Crippen molar-refractivity contribution >= 4 is 5.69 Å². The van der Waals surface area contributed by atoms with Gasteiger partial charge in [-0.15, -0.1) is 6.58 Å². The highest BCUT2D eigenvalue weighted by atomic mass is 16.6. The summed E-state index contributed by atoms with van der Waals surface area (Å²) in [4.78, 5) is 10.5. The zero-order chi connectivity index (χ0) is 14.5. The van der Waals surface area contributed by atoms with Crippen LogP contribution in [0.15, 0.2) is 30.4 Å². The molecule has 0 aromatic heterocycles. The average molecular weight is 276 g/mol. The predicted molar refractivity (Wildman–Crippen MR) is 77.9 cm³/mol. The Balaban J connectivity index is 2.05. The Bertz CT molecular complexity index is 510. The van der Waals surface area contributed by atoms with Crippen LogP contribution in [-0.4, -0.2) is 17.6 Å². The van der Waals surface area contributed by atoms with Crippen LogP contribution >= 0.6 is 0 Å². The van der Waals surface area contributed by atoms with Gasteiger partial charge in [0.2, 0.25) is 0 Å². The van der Waals surface area contributed by atoms with Crippen LogP contribution in [0, 0.1) is 10.1 Å². The molecule has 0 saturated heterocycles. The predicted octanol–water partition coefficient (Wildman–Crippen LogP) is 3.19. The van der Waals surface area contributed by atoms with Crippen molar-refractivity contribution in [2.24, 2.45) is 0 Å². The number of nitrogens with zero attached hydrogens (tertiary/aromatic N) is 1. The maximum absolute atomic E-state index is 10.9. The molecule has 108 valence electrons. The summed E-state index contributed by atoms with van der Waals surface area (Å²) in [6.45, 7) is 6.94. The second-order valence-corrected chi connectivity index (χ2v) is 5.26. The molecule has 0 atom stereocenters. The molecule has 0 aliphatic heterocycles. The van der Waals surface area contributed by atoms with Crippen LogP contribution in [0.4, 0.5) is 5.69 Å². The molecule has 0 spiro atoms. The van der Waals surface area contributed by atoms with Crippen molar-refractivity contribution in [2.45, 2.75) is 38.8 Å². The molecule has 0 bridgehead atoms. The third kappa shape index (κ3) is 4.35. The molecule has 0 heterocycles. The number of hydrogen-bond donors (Lipinski definition) is 1. The van der Waals surface area contributed by atoms with Gasteiger partial charge in [0.25, 0.3) is 5.69 Å². The summed E-state index contributed by atoms with van der Waals surface area (Å²) in [5, 5.41) is 14.2. The molecule has 5 nitrogen and oxygen atoms in total. The van der Waals surface area contributed by atoms with Crippen molar-refractivity contribution in [3.05, 3.63) is 46.0 Å². The topological polar surface area (TPSA) is 64.4 Å². The van der Waals surface area contributed by atoms with Crippen LogP contribution in [0.1, 0.15) is 31.7 Å². The molecule has 0 radical (unpaired) electrons. The number of rotatable bonds is 8. The second kappa shape index (κ2) is 6.52. The van der Waals surface area contributed by atoms with Gasteiger partial charge in [0.1, 0.15) is 5.75 Å². The van der Waals surface area contributed by atoms with E-state index in [2.05, 4.69) is 11.9 Å². The lowest BCUT2D eigenvalue weighted by Crippen LogP contribution is -2.16. The number of non-ortho nitro benzene ring substituents is 1. The van der Waals surface area contributed by atoms with E-state index in [1.165, 1.54) is 18.9 Å². The van der Waals surface area contributed by atoms with Gasteiger partial charge in [-0.25, -0.2) is 0 Å². The summed E-state index contributed by atoms with van der Waals surface area (Å²) < 4.78 is 5.71. The van der Waals surface area contributed by atoms with E-state index in [-0.39, 0.29) is 10.6 Å². The van der Waals surface area contributed by atoms with Crippen molar-refractivity contribution in [1.82, 2.24) is 5.32 Å². The maximum Gasteiger partial charge on any atom is 0.270 e. The molecule has 1 fully saturated rings. The normalized spacial score (nSPS) is 14.1. The van der Waals surface area contributed by atoms with Crippen molar-refractivity contribution in [3.63, 3.8) is 0 Å². The van der Waals surface area contributed by atoms with Crippen LogP contribution < -0.4 is 10.1 Å². The molecule has 0 amide bonds. The molecule has 1 N–H and O–H groups in total. The van der Waals surface area contributed by atoms with Crippen molar-refractivity contribution in [3.8, 4) is 5.75 Å². The Kier molecular flexibility index (Phi) is 4.74. The maximum atomic E-state index is 10.9. The molecule has 1 aliphatic carbocycles. The number of nitrogens with one attached hydrogen (secondary N) is 1. The number of nitro groups is 1. The summed E-state index contributed by atoms with van der Waals surface area (Å²) in [6.07, 6.45) is 3.15. The van der Waals surface area contributed by atoms with E-state index in [1.807, 2.05) is 6.92 Å². The SMILES string of the molecule is C=C(C)CCOc1ccc([N+](=O)[O-])cc1CNC1CC1. The van der Waals surface area contributed by atoms with Crippen molar-refractivity contribution < 1.29 is 9.66 Å². The third-order valence-electron chi connectivity index (χ3n) is 3.20. The second-order valence-electron chi connectivity index (χ2n) is 5.26. The van der Waals surface area contributed by atoms with E-state index in [9.17, 15) is 10.1 Å². The molecule has 1 saturated carbocycles. The lowest BCUT2D eigenvalue weighted by molar-refractivity contribution is -0.384. The van der Waals surface area contributed by atoms with Crippen LogP contribution in [0.25, 0.3) is 0 Å². The lowest BCUT2D eigenvalue weighted by Gasteiger charge is -2.12. The Morgan fingerprint density at radius 3 is 2.90 bits per heavy atom. The zero-order valence-corrected chi connectivity index (χ0v) is 11.7. The quantitative estimate of drug-likeness (QED) is 0.450. The molecule has 1 aliphatic rings.